The van der Waals surface area contributed by atoms with Crippen LogP contribution in [0.25, 0.3) is 23.0 Å². The maximum Gasteiger partial charge on any atom is 0.269 e. The lowest BCUT2D eigenvalue weighted by atomic mass is 9.93. The topological polar surface area (TPSA) is 54.9 Å². The summed E-state index contributed by atoms with van der Waals surface area (Å²) < 4.78 is 0. The van der Waals surface area contributed by atoms with Gasteiger partial charge in [-0.1, -0.05) is 66.9 Å². The molecule has 0 bridgehead atoms. The van der Waals surface area contributed by atoms with Crippen molar-refractivity contribution in [3.05, 3.63) is 117 Å². The Hall–Kier alpha value is -3.47. The molecule has 0 saturated heterocycles. The van der Waals surface area contributed by atoms with Crippen molar-refractivity contribution in [2.75, 3.05) is 6.54 Å². The summed E-state index contributed by atoms with van der Waals surface area (Å²) in [5.74, 6) is -0.197. The highest BCUT2D eigenvalue weighted by Crippen LogP contribution is 2.33. The Morgan fingerprint density at radius 1 is 0.914 bits per heavy atom. The van der Waals surface area contributed by atoms with E-state index in [9.17, 15) is 4.79 Å². The summed E-state index contributed by atoms with van der Waals surface area (Å²) in [7, 11) is 0. The van der Waals surface area contributed by atoms with Crippen molar-refractivity contribution in [3.8, 4) is 11.4 Å². The highest BCUT2D eigenvalue weighted by atomic mass is 35.5. The molecule has 6 heteroatoms. The predicted octanol–water partition coefficient (Wildman–Crippen LogP) is 7.57. The van der Waals surface area contributed by atoms with Gasteiger partial charge < -0.3 is 5.32 Å². The molecule has 0 aliphatic heterocycles. The molecule has 0 saturated carbocycles. The molecular weight excluding hydrogens is 477 g/mol. The average molecular weight is 502 g/mol. The Labute approximate surface area is 215 Å². The molecule has 2 heterocycles. The number of hydrogen-bond acceptors (Lipinski definition) is 3. The zero-order valence-electron chi connectivity index (χ0n) is 19.3. The number of rotatable bonds is 8. The standard InChI is InChI=1S/C29H25Cl2N3O/c1-2-3-17-33-29(35)27-16-15-24(28(34-27)26-6-4-5-18-32-26)25(21-9-13-23(31)14-10-21)19-20-7-11-22(30)12-8-20/h4-16,18-19H,2-3,17H2,1H3,(H,33,35)/b25-19+. The first-order chi connectivity index (χ1) is 17.0. The van der Waals surface area contributed by atoms with Gasteiger partial charge in [-0.25, -0.2) is 4.98 Å². The third kappa shape index (κ3) is 6.36. The number of carbonyl (C=O) groups is 1. The number of unbranched alkanes of at least 4 members (excludes halogenated alkanes) is 1. The highest BCUT2D eigenvalue weighted by Gasteiger charge is 2.18. The molecule has 0 unspecified atom stereocenters. The Morgan fingerprint density at radius 3 is 2.29 bits per heavy atom. The molecule has 0 atom stereocenters. The molecule has 0 aliphatic rings. The first-order valence-electron chi connectivity index (χ1n) is 11.5. The summed E-state index contributed by atoms with van der Waals surface area (Å²) in [6.45, 7) is 2.70. The Balaban J connectivity index is 1.87. The van der Waals surface area contributed by atoms with Crippen molar-refractivity contribution in [2.24, 2.45) is 0 Å². The fraction of sp³-hybridized carbons (Fsp3) is 0.138. The van der Waals surface area contributed by atoms with Crippen molar-refractivity contribution in [1.29, 1.82) is 0 Å². The van der Waals surface area contributed by atoms with Crippen LogP contribution in [0.4, 0.5) is 0 Å². The average Bonchev–Trinajstić information content (AvgIpc) is 2.89. The molecule has 4 aromatic rings. The number of hydrogen-bond donors (Lipinski definition) is 1. The molecule has 2 aromatic heterocycles. The van der Waals surface area contributed by atoms with Gasteiger partial charge in [-0.2, -0.15) is 0 Å². The summed E-state index contributed by atoms with van der Waals surface area (Å²) in [4.78, 5) is 22.1. The number of halogens is 2. The summed E-state index contributed by atoms with van der Waals surface area (Å²) in [6.07, 6.45) is 5.72. The summed E-state index contributed by atoms with van der Waals surface area (Å²) in [5.41, 5.74) is 5.38. The van der Waals surface area contributed by atoms with Crippen LogP contribution in [-0.4, -0.2) is 22.4 Å². The molecule has 1 amide bonds. The molecule has 2 aromatic carbocycles. The number of amides is 1. The van der Waals surface area contributed by atoms with Gasteiger partial charge in [0.1, 0.15) is 5.69 Å². The van der Waals surface area contributed by atoms with Crippen LogP contribution in [0.1, 0.15) is 46.9 Å². The number of nitrogens with zero attached hydrogens (tertiary/aromatic N) is 2. The monoisotopic (exact) mass is 501 g/mol. The van der Waals surface area contributed by atoms with Crippen LogP contribution in [0.15, 0.2) is 85.1 Å². The molecule has 176 valence electrons. The summed E-state index contributed by atoms with van der Waals surface area (Å²) in [6, 6.07) is 24.6. The minimum absolute atomic E-state index is 0.197. The molecule has 0 aliphatic carbocycles. The number of aromatic nitrogens is 2. The Kier molecular flexibility index (Phi) is 8.30. The molecule has 0 spiro atoms. The van der Waals surface area contributed by atoms with Crippen LogP contribution in [0, 0.1) is 0 Å². The highest BCUT2D eigenvalue weighted by molar-refractivity contribution is 6.31. The maximum absolute atomic E-state index is 12.8. The van der Waals surface area contributed by atoms with Crippen molar-refractivity contribution >= 4 is 40.8 Å². The van der Waals surface area contributed by atoms with Gasteiger partial charge in [0.05, 0.1) is 11.4 Å². The smallest absolute Gasteiger partial charge is 0.269 e. The van der Waals surface area contributed by atoms with Gasteiger partial charge in [-0.3, -0.25) is 9.78 Å². The van der Waals surface area contributed by atoms with E-state index >= 15 is 0 Å². The second-order valence-corrected chi connectivity index (χ2v) is 8.91. The number of pyridine rings is 2. The fourth-order valence-corrected chi connectivity index (χ4v) is 3.89. The van der Waals surface area contributed by atoms with Gasteiger partial charge in [-0.15, -0.1) is 0 Å². The van der Waals surface area contributed by atoms with Gasteiger partial charge in [0.25, 0.3) is 5.91 Å². The van der Waals surface area contributed by atoms with E-state index < -0.39 is 0 Å². The molecule has 4 nitrogen and oxygen atoms in total. The van der Waals surface area contributed by atoms with Gasteiger partial charge in [0.2, 0.25) is 0 Å². The Bertz CT molecular complexity index is 1320. The lowest BCUT2D eigenvalue weighted by Gasteiger charge is -2.15. The van der Waals surface area contributed by atoms with Crippen LogP contribution in [0.2, 0.25) is 10.0 Å². The van der Waals surface area contributed by atoms with E-state index in [0.29, 0.717) is 33.7 Å². The van der Waals surface area contributed by atoms with Gasteiger partial charge in [0, 0.05) is 28.4 Å². The first kappa shape index (κ1) is 24.6. The second kappa shape index (κ2) is 11.8. The van der Waals surface area contributed by atoms with E-state index in [2.05, 4.69) is 23.3 Å². The van der Waals surface area contributed by atoms with Gasteiger partial charge >= 0.3 is 0 Å². The zero-order chi connectivity index (χ0) is 24.6. The van der Waals surface area contributed by atoms with Crippen LogP contribution in [0.5, 0.6) is 0 Å². The number of benzene rings is 2. The van der Waals surface area contributed by atoms with E-state index in [-0.39, 0.29) is 5.91 Å². The SMILES string of the molecule is CCCCNC(=O)c1ccc(/C(=C/c2ccc(Cl)cc2)c2ccc(Cl)cc2)c(-c2ccccn2)n1. The second-order valence-electron chi connectivity index (χ2n) is 8.03. The summed E-state index contributed by atoms with van der Waals surface area (Å²) in [5, 5.41) is 4.27. The van der Waals surface area contributed by atoms with Gasteiger partial charge in [0.15, 0.2) is 0 Å². The molecule has 0 fully saturated rings. The molecule has 0 radical (unpaired) electrons. The van der Waals surface area contributed by atoms with E-state index in [1.807, 2.05) is 72.8 Å². The van der Waals surface area contributed by atoms with E-state index in [1.54, 1.807) is 12.3 Å². The normalized spacial score (nSPS) is 11.3. The summed E-state index contributed by atoms with van der Waals surface area (Å²) >= 11 is 12.3. The molecule has 1 N–H and O–H groups in total. The van der Waals surface area contributed by atoms with E-state index in [4.69, 9.17) is 28.2 Å². The van der Waals surface area contributed by atoms with Crippen LogP contribution < -0.4 is 5.32 Å². The molecular formula is C29H25Cl2N3O. The van der Waals surface area contributed by atoms with Crippen molar-refractivity contribution in [2.45, 2.75) is 19.8 Å². The minimum atomic E-state index is -0.197. The third-order valence-corrected chi connectivity index (χ3v) is 5.98. The molecule has 35 heavy (non-hydrogen) atoms. The van der Waals surface area contributed by atoms with Gasteiger partial charge in [-0.05, 0) is 77.7 Å². The van der Waals surface area contributed by atoms with Crippen molar-refractivity contribution < 1.29 is 4.79 Å². The zero-order valence-corrected chi connectivity index (χ0v) is 20.9. The lowest BCUT2D eigenvalue weighted by molar-refractivity contribution is 0.0948. The lowest BCUT2D eigenvalue weighted by Crippen LogP contribution is -2.25. The van der Waals surface area contributed by atoms with Crippen molar-refractivity contribution in [3.63, 3.8) is 0 Å². The maximum atomic E-state index is 12.8. The van der Waals surface area contributed by atoms with Crippen molar-refractivity contribution in [1.82, 2.24) is 15.3 Å². The largest absolute Gasteiger partial charge is 0.351 e. The minimum Gasteiger partial charge on any atom is -0.351 e. The fourth-order valence-electron chi connectivity index (χ4n) is 3.64. The van der Waals surface area contributed by atoms with E-state index in [1.165, 1.54) is 0 Å². The number of carbonyl (C=O) groups excluding carboxylic acids is 1. The predicted molar refractivity (Wildman–Crippen MR) is 145 cm³/mol. The van der Waals surface area contributed by atoms with E-state index in [0.717, 1.165) is 35.1 Å². The van der Waals surface area contributed by atoms with Crippen LogP contribution in [0.3, 0.4) is 0 Å². The van der Waals surface area contributed by atoms with Crippen LogP contribution >= 0.6 is 23.2 Å². The Morgan fingerprint density at radius 2 is 1.63 bits per heavy atom. The quantitative estimate of drug-likeness (QED) is 0.200. The molecule has 4 rings (SSSR count). The third-order valence-electron chi connectivity index (χ3n) is 5.48. The first-order valence-corrected chi connectivity index (χ1v) is 12.2. The van der Waals surface area contributed by atoms with Crippen LogP contribution in [-0.2, 0) is 0 Å². The number of nitrogens with one attached hydrogen (secondary N) is 1.